The average Bonchev–Trinajstić information content (AvgIpc) is 3.20. The second-order valence-corrected chi connectivity index (χ2v) is 7.71. The highest BCUT2D eigenvalue weighted by atomic mass is 35.5. The SMILES string of the molecule is CSc1c(C[C@@H](N)CCF)sc2c(NCc3ccco3)nc(Cl)nc12.Cl.Cl. The van der Waals surface area contributed by atoms with Gasteiger partial charge in [0, 0.05) is 15.8 Å². The Balaban J connectivity index is 0.00000182. The number of nitrogens with two attached hydrogens (primary N) is 1. The molecule has 0 bridgehead atoms. The van der Waals surface area contributed by atoms with Crippen LogP contribution in [0.2, 0.25) is 5.28 Å². The lowest BCUT2D eigenvalue weighted by Gasteiger charge is -2.08. The first-order valence-electron chi connectivity index (χ1n) is 7.73. The van der Waals surface area contributed by atoms with Gasteiger partial charge in [-0.05, 0) is 42.8 Å². The third-order valence-corrected chi connectivity index (χ3v) is 6.03. The molecule has 3 N–H and O–H groups in total. The first-order chi connectivity index (χ1) is 12.1. The number of anilines is 1. The molecule has 0 aliphatic rings. The van der Waals surface area contributed by atoms with E-state index < -0.39 is 6.67 Å². The quantitative estimate of drug-likeness (QED) is 0.339. The molecule has 3 aromatic heterocycles. The van der Waals surface area contributed by atoms with Crippen molar-refractivity contribution < 1.29 is 8.81 Å². The van der Waals surface area contributed by atoms with E-state index in [9.17, 15) is 4.39 Å². The molecule has 0 aliphatic carbocycles. The van der Waals surface area contributed by atoms with Gasteiger partial charge in [-0.3, -0.25) is 4.39 Å². The topological polar surface area (TPSA) is 77.0 Å². The largest absolute Gasteiger partial charge is 0.467 e. The number of hydrogen-bond acceptors (Lipinski definition) is 7. The van der Waals surface area contributed by atoms with Crippen LogP contribution in [0.1, 0.15) is 17.1 Å². The molecule has 0 amide bonds. The second-order valence-electron chi connectivity index (χ2n) is 5.45. The number of nitrogens with one attached hydrogen (secondary N) is 1. The van der Waals surface area contributed by atoms with Crippen molar-refractivity contribution in [3.8, 4) is 0 Å². The summed E-state index contributed by atoms with van der Waals surface area (Å²) in [4.78, 5) is 10.8. The third-order valence-electron chi connectivity index (χ3n) is 3.67. The number of hydrogen-bond donors (Lipinski definition) is 2. The number of thioether (sulfide) groups is 1. The summed E-state index contributed by atoms with van der Waals surface area (Å²) < 4.78 is 18.8. The van der Waals surface area contributed by atoms with E-state index in [-0.39, 0.29) is 36.1 Å². The van der Waals surface area contributed by atoms with Gasteiger partial charge >= 0.3 is 0 Å². The molecule has 11 heteroatoms. The van der Waals surface area contributed by atoms with Crippen LogP contribution in [-0.2, 0) is 13.0 Å². The lowest BCUT2D eigenvalue weighted by Crippen LogP contribution is -2.23. The third kappa shape index (κ3) is 5.85. The fourth-order valence-electron chi connectivity index (χ4n) is 2.50. The molecule has 150 valence electrons. The van der Waals surface area contributed by atoms with E-state index in [0.717, 1.165) is 25.7 Å². The molecule has 0 saturated carbocycles. The predicted octanol–water partition coefficient (Wildman–Crippen LogP) is 5.34. The molecule has 3 aromatic rings. The van der Waals surface area contributed by atoms with Gasteiger partial charge in [0.1, 0.15) is 17.1 Å². The Morgan fingerprint density at radius 3 is 2.81 bits per heavy atom. The summed E-state index contributed by atoms with van der Waals surface area (Å²) in [7, 11) is 0. The summed E-state index contributed by atoms with van der Waals surface area (Å²) in [6.07, 6.45) is 4.56. The number of halogens is 4. The van der Waals surface area contributed by atoms with E-state index in [1.165, 1.54) is 0 Å². The van der Waals surface area contributed by atoms with E-state index in [4.69, 9.17) is 21.8 Å². The van der Waals surface area contributed by atoms with Gasteiger partial charge < -0.3 is 15.5 Å². The smallest absolute Gasteiger partial charge is 0.225 e. The first kappa shape index (κ1) is 24.3. The van der Waals surface area contributed by atoms with E-state index in [1.54, 1.807) is 29.4 Å². The number of nitrogens with zero attached hydrogens (tertiary/aromatic N) is 2. The molecule has 0 unspecified atom stereocenters. The standard InChI is InChI=1S/C16H18ClFN4OS2.2ClH/c1-24-13-11(7-9(19)4-5-18)25-14-12(13)21-16(17)22-15(14)20-8-10-3-2-6-23-10;;/h2-3,6,9H,4-5,7-8,19H2,1H3,(H,20,21,22);2*1H/t9-;;/m0../s1. The minimum atomic E-state index is -0.414. The Bertz CT molecular complexity index is 848. The van der Waals surface area contributed by atoms with Crippen molar-refractivity contribution in [2.75, 3.05) is 18.2 Å². The van der Waals surface area contributed by atoms with Gasteiger partial charge in [-0.2, -0.15) is 4.98 Å². The van der Waals surface area contributed by atoms with Gasteiger partial charge in [0.15, 0.2) is 0 Å². The maximum Gasteiger partial charge on any atom is 0.225 e. The van der Waals surface area contributed by atoms with Crippen LogP contribution >= 0.6 is 59.5 Å². The van der Waals surface area contributed by atoms with Crippen LogP contribution in [-0.4, -0.2) is 28.9 Å². The monoisotopic (exact) mass is 472 g/mol. The summed E-state index contributed by atoms with van der Waals surface area (Å²) in [6, 6.07) is 3.50. The summed E-state index contributed by atoms with van der Waals surface area (Å²) in [5.74, 6) is 1.46. The summed E-state index contributed by atoms with van der Waals surface area (Å²) in [5, 5.41) is 3.44. The molecular weight excluding hydrogens is 454 g/mol. The lowest BCUT2D eigenvalue weighted by molar-refractivity contribution is 0.435. The van der Waals surface area contributed by atoms with Crippen LogP contribution in [0.3, 0.4) is 0 Å². The zero-order chi connectivity index (χ0) is 17.8. The number of aromatic nitrogens is 2. The maximum absolute atomic E-state index is 12.5. The molecular formula is C16H20Cl3FN4OS2. The van der Waals surface area contributed by atoms with Crippen molar-refractivity contribution in [3.63, 3.8) is 0 Å². The Hall–Kier alpha value is -0.770. The highest BCUT2D eigenvalue weighted by molar-refractivity contribution is 7.99. The van der Waals surface area contributed by atoms with Crippen LogP contribution in [0, 0.1) is 0 Å². The van der Waals surface area contributed by atoms with Gasteiger partial charge in [-0.15, -0.1) is 47.9 Å². The minimum absolute atomic E-state index is 0. The van der Waals surface area contributed by atoms with Crippen molar-refractivity contribution in [1.29, 1.82) is 0 Å². The first-order valence-corrected chi connectivity index (χ1v) is 10.1. The van der Waals surface area contributed by atoms with Crippen molar-refractivity contribution in [2.24, 2.45) is 5.73 Å². The van der Waals surface area contributed by atoms with Crippen LogP contribution in [0.25, 0.3) is 10.2 Å². The summed E-state index contributed by atoms with van der Waals surface area (Å²) in [6.45, 7) is 0.0842. The van der Waals surface area contributed by atoms with Crippen molar-refractivity contribution in [1.82, 2.24) is 9.97 Å². The molecule has 0 aliphatic heterocycles. The highest BCUT2D eigenvalue weighted by Crippen LogP contribution is 2.40. The van der Waals surface area contributed by atoms with E-state index in [1.807, 2.05) is 18.4 Å². The molecule has 0 saturated heterocycles. The maximum atomic E-state index is 12.5. The molecule has 3 rings (SSSR count). The Labute approximate surface area is 182 Å². The number of alkyl halides is 1. The second kappa shape index (κ2) is 11.3. The van der Waals surface area contributed by atoms with E-state index >= 15 is 0 Å². The van der Waals surface area contributed by atoms with Crippen LogP contribution in [0.4, 0.5) is 10.2 Å². The molecule has 0 radical (unpaired) electrons. The molecule has 3 heterocycles. The van der Waals surface area contributed by atoms with Crippen molar-refractivity contribution in [2.45, 2.75) is 30.3 Å². The normalized spacial score (nSPS) is 11.7. The Morgan fingerprint density at radius 1 is 1.41 bits per heavy atom. The Morgan fingerprint density at radius 2 is 2.19 bits per heavy atom. The number of thiophene rings is 1. The number of furan rings is 1. The fraction of sp³-hybridized carbons (Fsp3) is 0.375. The van der Waals surface area contributed by atoms with Crippen LogP contribution in [0.5, 0.6) is 0 Å². The van der Waals surface area contributed by atoms with Crippen LogP contribution in [0.15, 0.2) is 27.7 Å². The molecule has 5 nitrogen and oxygen atoms in total. The zero-order valence-electron chi connectivity index (χ0n) is 14.4. The molecule has 0 fully saturated rings. The van der Waals surface area contributed by atoms with Gasteiger partial charge in [0.25, 0.3) is 0 Å². The van der Waals surface area contributed by atoms with E-state index in [0.29, 0.717) is 25.2 Å². The van der Waals surface area contributed by atoms with Gasteiger partial charge in [-0.25, -0.2) is 4.98 Å². The molecule has 1 atom stereocenters. The van der Waals surface area contributed by atoms with Gasteiger partial charge in [-0.1, -0.05) is 0 Å². The molecule has 0 aromatic carbocycles. The summed E-state index contributed by atoms with van der Waals surface area (Å²) in [5.41, 5.74) is 6.83. The summed E-state index contributed by atoms with van der Waals surface area (Å²) >= 11 is 9.28. The zero-order valence-corrected chi connectivity index (χ0v) is 18.4. The predicted molar refractivity (Wildman–Crippen MR) is 117 cm³/mol. The number of rotatable bonds is 8. The molecule has 27 heavy (non-hydrogen) atoms. The van der Waals surface area contributed by atoms with Gasteiger partial charge in [0.05, 0.1) is 24.2 Å². The minimum Gasteiger partial charge on any atom is -0.467 e. The van der Waals surface area contributed by atoms with Crippen molar-refractivity contribution >= 4 is 75.5 Å². The molecule has 0 spiro atoms. The van der Waals surface area contributed by atoms with E-state index in [2.05, 4.69) is 15.3 Å². The number of fused-ring (bicyclic) bond motifs is 1. The highest BCUT2D eigenvalue weighted by Gasteiger charge is 2.19. The van der Waals surface area contributed by atoms with Gasteiger partial charge in [0.2, 0.25) is 5.28 Å². The fourth-order valence-corrected chi connectivity index (χ4v) is 4.96. The average molecular weight is 474 g/mol. The Kier molecular flexibility index (Phi) is 10.1. The van der Waals surface area contributed by atoms with Crippen LogP contribution < -0.4 is 11.1 Å². The lowest BCUT2D eigenvalue weighted by atomic mass is 10.1. The van der Waals surface area contributed by atoms with Crippen molar-refractivity contribution in [3.05, 3.63) is 34.3 Å².